The van der Waals surface area contributed by atoms with Crippen LogP contribution in [0.15, 0.2) is 54.7 Å². The van der Waals surface area contributed by atoms with E-state index in [0.717, 1.165) is 12.3 Å². The summed E-state index contributed by atoms with van der Waals surface area (Å²) in [6, 6.07) is 12.6. The minimum atomic E-state index is -4.54. The molecule has 0 fully saturated rings. The quantitative estimate of drug-likeness (QED) is 0.426. The number of nitrogens with two attached hydrogens (primary N) is 1. The van der Waals surface area contributed by atoms with Crippen molar-refractivity contribution in [1.82, 2.24) is 20.4 Å². The number of nitrogens with one attached hydrogen (secondary N) is 1. The van der Waals surface area contributed by atoms with Crippen LogP contribution in [0.25, 0.3) is 22.5 Å². The molecule has 1 aromatic carbocycles. The van der Waals surface area contributed by atoms with E-state index in [0.29, 0.717) is 16.8 Å². The highest BCUT2D eigenvalue weighted by Crippen LogP contribution is 2.29. The molecule has 2 heterocycles. The molecular formula is C17H12F3N5O. The number of benzene rings is 1. The predicted molar refractivity (Wildman–Crippen MR) is 87.4 cm³/mol. The number of carbonyl (C=O) groups excluding carboxylic acids is 1. The minimum Gasteiger partial charge on any atom is -0.287 e. The third-order valence-corrected chi connectivity index (χ3v) is 3.48. The Morgan fingerprint density at radius 1 is 0.962 bits per heavy atom. The zero-order valence-corrected chi connectivity index (χ0v) is 13.2. The number of carbonyl (C=O) groups is 1. The Morgan fingerprint density at radius 2 is 1.62 bits per heavy atom. The minimum absolute atomic E-state index is 0.205. The van der Waals surface area contributed by atoms with E-state index >= 15 is 0 Å². The van der Waals surface area contributed by atoms with Gasteiger partial charge in [-0.15, -0.1) is 0 Å². The molecule has 1 amide bonds. The molecule has 0 atom stereocenters. The summed E-state index contributed by atoms with van der Waals surface area (Å²) in [5.41, 5.74) is 2.62. The van der Waals surface area contributed by atoms with Crippen molar-refractivity contribution in [3.63, 3.8) is 0 Å². The molecule has 0 radical (unpaired) electrons. The standard InChI is InChI=1S/C17H12F3N5O/c18-17(19,20)14-7-6-11(9-22-14)13-8-12(10-4-2-1-3-5-10)23-15(24-13)16(26)25-21/h1-9H,21H2,(H,25,26). The Hall–Kier alpha value is -3.33. The van der Waals surface area contributed by atoms with Crippen LogP contribution in [0, 0.1) is 0 Å². The average molecular weight is 359 g/mol. The second kappa shape index (κ2) is 6.89. The average Bonchev–Trinajstić information content (AvgIpc) is 2.67. The lowest BCUT2D eigenvalue weighted by atomic mass is 10.1. The molecule has 0 spiro atoms. The molecular weight excluding hydrogens is 347 g/mol. The maximum atomic E-state index is 12.7. The highest BCUT2D eigenvalue weighted by Gasteiger charge is 2.32. The van der Waals surface area contributed by atoms with E-state index in [1.54, 1.807) is 30.3 Å². The normalized spacial score (nSPS) is 11.2. The molecule has 0 aliphatic carbocycles. The molecule has 132 valence electrons. The number of hydrazine groups is 1. The van der Waals surface area contributed by atoms with Crippen LogP contribution in [0.5, 0.6) is 0 Å². The van der Waals surface area contributed by atoms with Gasteiger partial charge in [0, 0.05) is 17.3 Å². The molecule has 0 saturated heterocycles. The third-order valence-electron chi connectivity index (χ3n) is 3.48. The lowest BCUT2D eigenvalue weighted by Crippen LogP contribution is -2.31. The summed E-state index contributed by atoms with van der Waals surface area (Å²) < 4.78 is 38.0. The molecule has 0 saturated carbocycles. The number of aromatic nitrogens is 3. The Balaban J connectivity index is 2.10. The van der Waals surface area contributed by atoms with Crippen LogP contribution in [0.1, 0.15) is 16.3 Å². The van der Waals surface area contributed by atoms with E-state index in [4.69, 9.17) is 5.84 Å². The third kappa shape index (κ3) is 3.67. The van der Waals surface area contributed by atoms with Gasteiger partial charge >= 0.3 is 12.1 Å². The van der Waals surface area contributed by atoms with E-state index in [1.807, 2.05) is 11.5 Å². The fraction of sp³-hybridized carbons (Fsp3) is 0.0588. The molecule has 0 bridgehead atoms. The molecule has 2 aromatic heterocycles. The second-order valence-electron chi connectivity index (χ2n) is 5.23. The number of hydrogen-bond donors (Lipinski definition) is 2. The van der Waals surface area contributed by atoms with Gasteiger partial charge in [-0.25, -0.2) is 15.8 Å². The van der Waals surface area contributed by atoms with E-state index in [9.17, 15) is 18.0 Å². The van der Waals surface area contributed by atoms with Crippen LogP contribution in [0.2, 0.25) is 0 Å². The number of alkyl halides is 3. The summed E-state index contributed by atoms with van der Waals surface area (Å²) in [7, 11) is 0. The number of hydrogen-bond acceptors (Lipinski definition) is 5. The topological polar surface area (TPSA) is 93.8 Å². The van der Waals surface area contributed by atoms with Gasteiger partial charge in [-0.05, 0) is 18.2 Å². The number of pyridine rings is 1. The number of rotatable bonds is 3. The monoisotopic (exact) mass is 359 g/mol. The van der Waals surface area contributed by atoms with Gasteiger partial charge in [-0.2, -0.15) is 13.2 Å². The summed E-state index contributed by atoms with van der Waals surface area (Å²) in [6.07, 6.45) is -3.49. The number of nitrogens with zero attached hydrogens (tertiary/aromatic N) is 3. The molecule has 9 heteroatoms. The predicted octanol–water partition coefficient (Wildman–Crippen LogP) is 2.83. The van der Waals surface area contributed by atoms with Crippen molar-refractivity contribution in [2.75, 3.05) is 0 Å². The fourth-order valence-corrected chi connectivity index (χ4v) is 2.23. The first-order chi connectivity index (χ1) is 12.4. The van der Waals surface area contributed by atoms with Crippen LogP contribution >= 0.6 is 0 Å². The van der Waals surface area contributed by atoms with Gasteiger partial charge in [-0.1, -0.05) is 30.3 Å². The number of nitrogen functional groups attached to an aromatic ring is 1. The van der Waals surface area contributed by atoms with Gasteiger partial charge in [-0.3, -0.25) is 15.2 Å². The van der Waals surface area contributed by atoms with Crippen LogP contribution in [-0.2, 0) is 6.18 Å². The Bertz CT molecular complexity index is 927. The zero-order chi connectivity index (χ0) is 18.7. The van der Waals surface area contributed by atoms with Gasteiger partial charge in [0.25, 0.3) is 0 Å². The summed E-state index contributed by atoms with van der Waals surface area (Å²) >= 11 is 0. The van der Waals surface area contributed by atoms with Crippen molar-refractivity contribution in [1.29, 1.82) is 0 Å². The van der Waals surface area contributed by atoms with E-state index in [2.05, 4.69) is 15.0 Å². The molecule has 0 aliphatic heterocycles. The number of amides is 1. The van der Waals surface area contributed by atoms with Crippen molar-refractivity contribution in [2.24, 2.45) is 5.84 Å². The molecule has 6 nitrogen and oxygen atoms in total. The van der Waals surface area contributed by atoms with Crippen molar-refractivity contribution in [2.45, 2.75) is 6.18 Å². The Morgan fingerprint density at radius 3 is 2.15 bits per heavy atom. The van der Waals surface area contributed by atoms with Crippen LogP contribution in [0.4, 0.5) is 13.2 Å². The first-order valence-electron chi connectivity index (χ1n) is 7.37. The first kappa shape index (κ1) is 17.5. The first-order valence-corrected chi connectivity index (χ1v) is 7.37. The fourth-order valence-electron chi connectivity index (χ4n) is 2.23. The van der Waals surface area contributed by atoms with Crippen molar-refractivity contribution in [3.05, 3.63) is 66.2 Å². The molecule has 3 aromatic rings. The largest absolute Gasteiger partial charge is 0.433 e. The summed E-state index contributed by atoms with van der Waals surface area (Å²) in [6.45, 7) is 0. The zero-order valence-electron chi connectivity index (χ0n) is 13.2. The smallest absolute Gasteiger partial charge is 0.287 e. The van der Waals surface area contributed by atoms with Crippen LogP contribution in [-0.4, -0.2) is 20.9 Å². The van der Waals surface area contributed by atoms with Crippen molar-refractivity contribution < 1.29 is 18.0 Å². The molecule has 0 aliphatic rings. The number of halogens is 3. The van der Waals surface area contributed by atoms with Gasteiger partial charge in [0.1, 0.15) is 5.69 Å². The molecule has 0 unspecified atom stereocenters. The summed E-state index contributed by atoms with van der Waals surface area (Å²) in [5.74, 6) is 4.21. The van der Waals surface area contributed by atoms with Gasteiger partial charge < -0.3 is 0 Å². The molecule has 3 rings (SSSR count). The Kier molecular flexibility index (Phi) is 4.63. The summed E-state index contributed by atoms with van der Waals surface area (Å²) in [4.78, 5) is 23.5. The maximum Gasteiger partial charge on any atom is 0.433 e. The Labute approximate surface area is 145 Å². The molecule has 3 N–H and O–H groups in total. The van der Waals surface area contributed by atoms with E-state index in [1.165, 1.54) is 6.07 Å². The maximum absolute atomic E-state index is 12.7. The van der Waals surface area contributed by atoms with E-state index in [-0.39, 0.29) is 11.5 Å². The lowest BCUT2D eigenvalue weighted by Gasteiger charge is -2.09. The second-order valence-corrected chi connectivity index (χ2v) is 5.23. The highest BCUT2D eigenvalue weighted by atomic mass is 19.4. The lowest BCUT2D eigenvalue weighted by molar-refractivity contribution is -0.141. The highest BCUT2D eigenvalue weighted by molar-refractivity contribution is 5.91. The van der Waals surface area contributed by atoms with E-state index < -0.39 is 17.8 Å². The van der Waals surface area contributed by atoms with Crippen molar-refractivity contribution in [3.8, 4) is 22.5 Å². The van der Waals surface area contributed by atoms with Crippen LogP contribution < -0.4 is 11.3 Å². The SMILES string of the molecule is NNC(=O)c1nc(-c2ccccc2)cc(-c2ccc(C(F)(F)F)nc2)n1. The van der Waals surface area contributed by atoms with Gasteiger partial charge in [0.2, 0.25) is 5.82 Å². The molecule has 26 heavy (non-hydrogen) atoms. The van der Waals surface area contributed by atoms with Gasteiger partial charge in [0.15, 0.2) is 0 Å². The van der Waals surface area contributed by atoms with Crippen LogP contribution in [0.3, 0.4) is 0 Å². The summed E-state index contributed by atoms with van der Waals surface area (Å²) in [5, 5.41) is 0. The van der Waals surface area contributed by atoms with Crippen molar-refractivity contribution >= 4 is 5.91 Å². The van der Waals surface area contributed by atoms with Gasteiger partial charge in [0.05, 0.1) is 11.4 Å².